The molecule has 0 spiro atoms. The summed E-state index contributed by atoms with van der Waals surface area (Å²) in [5.41, 5.74) is 3.82. The van der Waals surface area contributed by atoms with Crippen molar-refractivity contribution in [3.05, 3.63) is 57.4 Å². The lowest BCUT2D eigenvalue weighted by molar-refractivity contribution is -0.144. The molecule has 1 heterocycles. The average molecular weight is 386 g/mol. The number of hydrogen-bond acceptors (Lipinski definition) is 4. The maximum absolute atomic E-state index is 13.1. The quantitative estimate of drug-likeness (QED) is 0.760. The van der Waals surface area contributed by atoms with E-state index in [4.69, 9.17) is 16.3 Å². The zero-order chi connectivity index (χ0) is 19.0. The van der Waals surface area contributed by atoms with Crippen molar-refractivity contribution in [2.75, 3.05) is 0 Å². The molecule has 0 amide bonds. The summed E-state index contributed by atoms with van der Waals surface area (Å²) in [6, 6.07) is 7.45. The Morgan fingerprint density at radius 3 is 2.70 bits per heavy atom. The van der Waals surface area contributed by atoms with Gasteiger partial charge in [-0.1, -0.05) is 23.7 Å². The Morgan fingerprint density at radius 2 is 1.96 bits per heavy atom. The van der Waals surface area contributed by atoms with Crippen molar-refractivity contribution in [3.63, 3.8) is 0 Å². The van der Waals surface area contributed by atoms with Gasteiger partial charge in [0.2, 0.25) is 0 Å². The molecule has 4 nitrogen and oxygen atoms in total. The largest absolute Gasteiger partial charge is 0.459 e. The van der Waals surface area contributed by atoms with Gasteiger partial charge < -0.3 is 10.1 Å². The van der Waals surface area contributed by atoms with Crippen LogP contribution in [0.2, 0.25) is 5.02 Å². The minimum absolute atomic E-state index is 0.0183. The minimum atomic E-state index is -0.415. The topological polar surface area (TPSA) is 55.4 Å². The normalized spacial score (nSPS) is 23.3. The first kappa shape index (κ1) is 18.3. The first-order chi connectivity index (χ1) is 13.0. The van der Waals surface area contributed by atoms with Gasteiger partial charge in [0.25, 0.3) is 0 Å². The van der Waals surface area contributed by atoms with E-state index >= 15 is 0 Å². The van der Waals surface area contributed by atoms with E-state index in [1.54, 1.807) is 6.07 Å². The van der Waals surface area contributed by atoms with Crippen LogP contribution in [0, 0.1) is 0 Å². The number of nitrogens with one attached hydrogen (secondary N) is 1. The van der Waals surface area contributed by atoms with E-state index in [9.17, 15) is 9.59 Å². The Balaban J connectivity index is 1.77. The van der Waals surface area contributed by atoms with Gasteiger partial charge in [-0.3, -0.25) is 4.79 Å². The Labute approximate surface area is 164 Å². The number of halogens is 1. The number of ketones is 1. The van der Waals surface area contributed by atoms with Crippen LogP contribution in [0.25, 0.3) is 0 Å². The summed E-state index contributed by atoms with van der Waals surface area (Å²) >= 11 is 6.23. The number of carbonyl (C=O) groups excluding carboxylic acids is 2. The Hall–Kier alpha value is -2.07. The molecule has 27 heavy (non-hydrogen) atoms. The van der Waals surface area contributed by atoms with Gasteiger partial charge in [-0.2, -0.15) is 0 Å². The summed E-state index contributed by atoms with van der Waals surface area (Å²) in [5, 5.41) is 3.92. The highest BCUT2D eigenvalue weighted by Gasteiger charge is 2.39. The Kier molecular flexibility index (Phi) is 5.09. The van der Waals surface area contributed by atoms with Gasteiger partial charge in [0, 0.05) is 34.3 Å². The number of hydrogen-bond donors (Lipinski definition) is 1. The molecule has 3 aliphatic rings. The third-order valence-corrected chi connectivity index (χ3v) is 5.99. The van der Waals surface area contributed by atoms with Gasteiger partial charge in [0.15, 0.2) is 5.78 Å². The van der Waals surface area contributed by atoms with Crippen LogP contribution in [0.3, 0.4) is 0 Å². The molecule has 1 aromatic carbocycles. The molecule has 1 aliphatic heterocycles. The highest BCUT2D eigenvalue weighted by Crippen LogP contribution is 2.43. The molecule has 1 fully saturated rings. The van der Waals surface area contributed by atoms with Crippen LogP contribution in [0.1, 0.15) is 63.4 Å². The summed E-state index contributed by atoms with van der Waals surface area (Å²) < 4.78 is 5.81. The van der Waals surface area contributed by atoms with Crippen molar-refractivity contribution in [2.45, 2.75) is 63.9 Å². The smallest absolute Gasteiger partial charge is 0.337 e. The predicted octanol–water partition coefficient (Wildman–Crippen LogP) is 4.79. The summed E-state index contributed by atoms with van der Waals surface area (Å²) in [7, 11) is 0. The zero-order valence-electron chi connectivity index (χ0n) is 15.5. The van der Waals surface area contributed by atoms with Gasteiger partial charge in [-0.25, -0.2) is 4.79 Å². The molecule has 5 heteroatoms. The van der Waals surface area contributed by atoms with Crippen molar-refractivity contribution in [3.8, 4) is 0 Å². The molecular weight excluding hydrogens is 362 g/mol. The van der Waals surface area contributed by atoms with Crippen molar-refractivity contribution in [1.82, 2.24) is 5.32 Å². The number of ether oxygens (including phenoxy) is 1. The van der Waals surface area contributed by atoms with Gasteiger partial charge in [0.1, 0.15) is 6.10 Å². The molecule has 1 aromatic rings. The van der Waals surface area contributed by atoms with Gasteiger partial charge in [0.05, 0.1) is 5.57 Å². The number of carbonyl (C=O) groups is 2. The third-order valence-electron chi connectivity index (χ3n) is 5.75. The Morgan fingerprint density at radius 1 is 1.19 bits per heavy atom. The molecule has 1 N–H and O–H groups in total. The lowest BCUT2D eigenvalue weighted by Gasteiger charge is -2.34. The maximum atomic E-state index is 13.1. The molecule has 1 atom stereocenters. The standard InChI is InChI=1S/C22H24ClNO3/c1-13-19(22(26)27-16-8-2-3-9-16)20(14-6-4-7-15(23)12-14)21-17(24-13)10-5-11-18(21)25/h4,6-7,12,16,20,24H,2-3,5,8-11H2,1H3/t20-/m0/s1. The number of benzene rings is 1. The van der Waals surface area contributed by atoms with Crippen LogP contribution in [0.5, 0.6) is 0 Å². The number of esters is 1. The van der Waals surface area contributed by atoms with Crippen molar-refractivity contribution in [1.29, 1.82) is 0 Å². The second kappa shape index (κ2) is 7.51. The average Bonchev–Trinajstić information content (AvgIpc) is 3.13. The molecule has 1 saturated carbocycles. The van der Waals surface area contributed by atoms with E-state index in [2.05, 4.69) is 5.32 Å². The zero-order valence-corrected chi connectivity index (χ0v) is 16.3. The first-order valence-corrected chi connectivity index (χ1v) is 10.1. The van der Waals surface area contributed by atoms with Crippen LogP contribution in [0.15, 0.2) is 46.8 Å². The van der Waals surface area contributed by atoms with E-state index < -0.39 is 5.92 Å². The number of allylic oxidation sites excluding steroid dienone is 3. The highest BCUT2D eigenvalue weighted by atomic mass is 35.5. The van der Waals surface area contributed by atoms with Crippen molar-refractivity contribution < 1.29 is 14.3 Å². The highest BCUT2D eigenvalue weighted by molar-refractivity contribution is 6.30. The second-order valence-corrected chi connectivity index (χ2v) is 8.07. The van der Waals surface area contributed by atoms with Crippen LogP contribution in [-0.2, 0) is 14.3 Å². The Bertz CT molecular complexity index is 849. The summed E-state index contributed by atoms with van der Waals surface area (Å²) in [6.07, 6.45) is 6.18. The van der Waals surface area contributed by atoms with E-state index in [-0.39, 0.29) is 17.9 Å². The molecule has 0 saturated heterocycles. The van der Waals surface area contributed by atoms with Gasteiger partial charge >= 0.3 is 5.97 Å². The van der Waals surface area contributed by atoms with Crippen LogP contribution in [0.4, 0.5) is 0 Å². The minimum Gasteiger partial charge on any atom is -0.459 e. The fourth-order valence-electron chi connectivity index (χ4n) is 4.49. The van der Waals surface area contributed by atoms with E-state index in [1.165, 1.54) is 0 Å². The number of rotatable bonds is 3. The van der Waals surface area contributed by atoms with Crippen molar-refractivity contribution >= 4 is 23.4 Å². The maximum Gasteiger partial charge on any atom is 0.337 e. The van der Waals surface area contributed by atoms with Crippen LogP contribution < -0.4 is 5.32 Å². The molecular formula is C22H24ClNO3. The monoisotopic (exact) mass is 385 g/mol. The molecule has 0 radical (unpaired) electrons. The first-order valence-electron chi connectivity index (χ1n) is 9.75. The van der Waals surface area contributed by atoms with Crippen molar-refractivity contribution in [2.24, 2.45) is 0 Å². The van der Waals surface area contributed by atoms with Crippen LogP contribution in [-0.4, -0.2) is 17.9 Å². The second-order valence-electron chi connectivity index (χ2n) is 7.63. The number of Topliss-reactive ketones (excluding diaryl/α,β-unsaturated/α-hetero) is 1. The lowest BCUT2D eigenvalue weighted by Crippen LogP contribution is -2.35. The summed E-state index contributed by atoms with van der Waals surface area (Å²) in [6.45, 7) is 1.89. The molecule has 0 bridgehead atoms. The molecule has 142 valence electrons. The van der Waals surface area contributed by atoms with E-state index in [1.807, 2.05) is 25.1 Å². The predicted molar refractivity (Wildman–Crippen MR) is 104 cm³/mol. The lowest BCUT2D eigenvalue weighted by atomic mass is 9.75. The SMILES string of the molecule is CC1=C(C(=O)OC2CCCC2)[C@H](c2cccc(Cl)c2)C2=C(CCCC2=O)N1. The molecule has 0 unspecified atom stereocenters. The van der Waals surface area contributed by atoms with E-state index in [0.717, 1.165) is 55.5 Å². The van der Waals surface area contributed by atoms with Gasteiger partial charge in [-0.05, 0) is 63.1 Å². The summed E-state index contributed by atoms with van der Waals surface area (Å²) in [5.74, 6) is -0.629. The molecule has 0 aromatic heterocycles. The van der Waals surface area contributed by atoms with E-state index in [0.29, 0.717) is 22.6 Å². The summed E-state index contributed by atoms with van der Waals surface area (Å²) in [4.78, 5) is 25.9. The fourth-order valence-corrected chi connectivity index (χ4v) is 4.69. The fraction of sp³-hybridized carbons (Fsp3) is 0.455. The van der Waals surface area contributed by atoms with Gasteiger partial charge in [-0.15, -0.1) is 0 Å². The molecule has 4 rings (SSSR count). The third kappa shape index (κ3) is 3.55. The van der Waals surface area contributed by atoms with Crippen LogP contribution >= 0.6 is 11.6 Å². The molecule has 2 aliphatic carbocycles. The number of dihydropyridines is 1.